The number of piperidine rings is 1. The van der Waals surface area contributed by atoms with Gasteiger partial charge in [-0.3, -0.25) is 4.79 Å². The van der Waals surface area contributed by atoms with E-state index in [4.69, 9.17) is 9.47 Å². The zero-order valence-electron chi connectivity index (χ0n) is 17.2. The molecule has 1 aromatic carbocycles. The highest BCUT2D eigenvalue weighted by molar-refractivity contribution is 7.89. The highest BCUT2D eigenvalue weighted by atomic mass is 32.2. The second-order valence-corrected chi connectivity index (χ2v) is 10.5. The third-order valence-corrected chi connectivity index (χ3v) is 7.34. The van der Waals surface area contributed by atoms with Gasteiger partial charge in [-0.1, -0.05) is 20.8 Å². The van der Waals surface area contributed by atoms with Crippen molar-refractivity contribution < 1.29 is 27.8 Å². The van der Waals surface area contributed by atoms with E-state index >= 15 is 0 Å². The van der Waals surface area contributed by atoms with E-state index in [1.54, 1.807) is 6.07 Å². The van der Waals surface area contributed by atoms with Gasteiger partial charge >= 0.3 is 0 Å². The molecule has 2 aliphatic heterocycles. The van der Waals surface area contributed by atoms with Crippen LogP contribution < -0.4 is 14.8 Å². The SMILES string of the molecule is CC(C)(C)C(O)CNC(=O)C1CCN(S(=O)(=O)c2ccc3c(c2)OCCO3)CC1. The first-order valence-corrected chi connectivity index (χ1v) is 11.4. The molecular formula is C20H30N2O6S. The predicted molar refractivity (Wildman–Crippen MR) is 107 cm³/mol. The van der Waals surface area contributed by atoms with E-state index in [-0.39, 0.29) is 41.8 Å². The van der Waals surface area contributed by atoms with E-state index in [9.17, 15) is 18.3 Å². The van der Waals surface area contributed by atoms with E-state index < -0.39 is 16.1 Å². The number of fused-ring (bicyclic) bond motifs is 1. The maximum absolute atomic E-state index is 13.0. The van der Waals surface area contributed by atoms with Crippen molar-refractivity contribution in [3.63, 3.8) is 0 Å². The smallest absolute Gasteiger partial charge is 0.243 e. The van der Waals surface area contributed by atoms with Crippen molar-refractivity contribution in [2.75, 3.05) is 32.8 Å². The van der Waals surface area contributed by atoms with E-state index in [0.717, 1.165) is 0 Å². The number of benzene rings is 1. The molecule has 0 radical (unpaired) electrons. The van der Waals surface area contributed by atoms with Crippen LogP contribution in [0.5, 0.6) is 11.5 Å². The summed E-state index contributed by atoms with van der Waals surface area (Å²) in [6.07, 6.45) is 0.254. The van der Waals surface area contributed by atoms with Crippen molar-refractivity contribution in [2.45, 2.75) is 44.6 Å². The fourth-order valence-corrected chi connectivity index (χ4v) is 4.82. The van der Waals surface area contributed by atoms with Gasteiger partial charge in [0.05, 0.1) is 11.0 Å². The van der Waals surface area contributed by atoms with Crippen molar-refractivity contribution in [3.05, 3.63) is 18.2 Å². The highest BCUT2D eigenvalue weighted by Crippen LogP contribution is 2.34. The van der Waals surface area contributed by atoms with Crippen molar-refractivity contribution in [2.24, 2.45) is 11.3 Å². The maximum atomic E-state index is 13.0. The van der Waals surface area contributed by atoms with Crippen LogP contribution in [0, 0.1) is 11.3 Å². The number of aliphatic hydroxyl groups is 1. The van der Waals surface area contributed by atoms with Crippen LogP contribution in [0.3, 0.4) is 0 Å². The summed E-state index contributed by atoms with van der Waals surface area (Å²) in [6.45, 7) is 7.30. The fraction of sp³-hybridized carbons (Fsp3) is 0.650. The summed E-state index contributed by atoms with van der Waals surface area (Å²) in [5, 5.41) is 12.9. The Balaban J connectivity index is 1.58. The summed E-state index contributed by atoms with van der Waals surface area (Å²) in [7, 11) is -3.66. The molecule has 0 bridgehead atoms. The average molecular weight is 427 g/mol. The number of nitrogens with zero attached hydrogens (tertiary/aromatic N) is 1. The standard InChI is InChI=1S/C20H30N2O6S/c1-20(2,3)18(23)13-21-19(24)14-6-8-22(9-7-14)29(25,26)15-4-5-16-17(12-15)28-11-10-27-16/h4-5,12,14,18,23H,6-11,13H2,1-3H3,(H,21,24). The molecule has 0 spiro atoms. The van der Waals surface area contributed by atoms with Gasteiger partial charge in [0.2, 0.25) is 15.9 Å². The van der Waals surface area contributed by atoms with Crippen molar-refractivity contribution in [3.8, 4) is 11.5 Å². The van der Waals surface area contributed by atoms with Crippen LogP contribution in [-0.4, -0.2) is 62.7 Å². The number of amides is 1. The molecule has 162 valence electrons. The number of rotatable bonds is 5. The highest BCUT2D eigenvalue weighted by Gasteiger charge is 2.33. The van der Waals surface area contributed by atoms with Gasteiger partial charge in [0.1, 0.15) is 13.2 Å². The molecule has 29 heavy (non-hydrogen) atoms. The number of sulfonamides is 1. The quantitative estimate of drug-likeness (QED) is 0.737. The molecule has 0 aliphatic carbocycles. The van der Waals surface area contributed by atoms with Crippen LogP contribution in [0.25, 0.3) is 0 Å². The van der Waals surface area contributed by atoms with Gasteiger partial charge in [-0.2, -0.15) is 4.31 Å². The molecular weight excluding hydrogens is 396 g/mol. The monoisotopic (exact) mass is 426 g/mol. The number of carbonyl (C=O) groups is 1. The largest absolute Gasteiger partial charge is 0.486 e. The van der Waals surface area contributed by atoms with Gasteiger partial charge in [0, 0.05) is 31.6 Å². The molecule has 8 nitrogen and oxygen atoms in total. The van der Waals surface area contributed by atoms with Crippen molar-refractivity contribution in [1.82, 2.24) is 9.62 Å². The lowest BCUT2D eigenvalue weighted by atomic mass is 9.89. The summed E-state index contributed by atoms with van der Waals surface area (Å²) in [5.74, 6) is 0.589. The van der Waals surface area contributed by atoms with Gasteiger partial charge in [-0.15, -0.1) is 0 Å². The number of carbonyl (C=O) groups excluding carboxylic acids is 1. The molecule has 9 heteroatoms. The Bertz CT molecular complexity index is 841. The van der Waals surface area contributed by atoms with Crippen molar-refractivity contribution >= 4 is 15.9 Å². The number of hydrogen-bond donors (Lipinski definition) is 2. The van der Waals surface area contributed by atoms with E-state index in [1.807, 2.05) is 20.8 Å². The minimum absolute atomic E-state index is 0.135. The number of aliphatic hydroxyl groups excluding tert-OH is 1. The van der Waals surface area contributed by atoms with E-state index in [0.29, 0.717) is 37.6 Å². The molecule has 2 heterocycles. The topological polar surface area (TPSA) is 105 Å². The van der Waals surface area contributed by atoms with Gasteiger partial charge in [0.25, 0.3) is 0 Å². The Morgan fingerprint density at radius 3 is 2.45 bits per heavy atom. The number of hydrogen-bond acceptors (Lipinski definition) is 6. The minimum atomic E-state index is -3.66. The Labute approximate surface area is 172 Å². The zero-order chi connectivity index (χ0) is 21.2. The second-order valence-electron chi connectivity index (χ2n) is 8.61. The normalized spacial score (nSPS) is 19.6. The molecule has 3 rings (SSSR count). The molecule has 1 unspecified atom stereocenters. The molecule has 1 saturated heterocycles. The molecule has 2 aliphatic rings. The predicted octanol–water partition coefficient (Wildman–Crippen LogP) is 1.38. The van der Waals surface area contributed by atoms with Gasteiger partial charge in [0.15, 0.2) is 11.5 Å². The first-order valence-electron chi connectivity index (χ1n) is 9.94. The first kappa shape index (κ1) is 21.9. The molecule has 2 N–H and O–H groups in total. The lowest BCUT2D eigenvalue weighted by molar-refractivity contribution is -0.126. The molecule has 1 atom stereocenters. The van der Waals surface area contributed by atoms with Gasteiger partial charge < -0.3 is 19.9 Å². The molecule has 0 aromatic heterocycles. The summed E-state index contributed by atoms with van der Waals surface area (Å²) in [4.78, 5) is 12.6. The summed E-state index contributed by atoms with van der Waals surface area (Å²) >= 11 is 0. The third kappa shape index (κ3) is 5.02. The van der Waals surface area contributed by atoms with Crippen LogP contribution in [0.1, 0.15) is 33.6 Å². The summed E-state index contributed by atoms with van der Waals surface area (Å²) in [5.41, 5.74) is -0.311. The Hall–Kier alpha value is -1.84. The average Bonchev–Trinajstić information content (AvgIpc) is 2.70. The number of nitrogens with one attached hydrogen (secondary N) is 1. The van der Waals surface area contributed by atoms with Gasteiger partial charge in [-0.05, 0) is 30.4 Å². The van der Waals surface area contributed by atoms with Gasteiger partial charge in [-0.25, -0.2) is 8.42 Å². The Morgan fingerprint density at radius 2 is 1.83 bits per heavy atom. The van der Waals surface area contributed by atoms with Crippen LogP contribution in [-0.2, 0) is 14.8 Å². The van der Waals surface area contributed by atoms with Crippen LogP contribution in [0.2, 0.25) is 0 Å². The van der Waals surface area contributed by atoms with E-state index in [1.165, 1.54) is 16.4 Å². The molecule has 0 saturated carbocycles. The lowest BCUT2D eigenvalue weighted by Crippen LogP contribution is -2.45. The minimum Gasteiger partial charge on any atom is -0.486 e. The van der Waals surface area contributed by atoms with Crippen molar-refractivity contribution in [1.29, 1.82) is 0 Å². The van der Waals surface area contributed by atoms with E-state index in [2.05, 4.69) is 5.32 Å². The second kappa shape index (κ2) is 8.49. The van der Waals surface area contributed by atoms with Crippen LogP contribution >= 0.6 is 0 Å². The number of ether oxygens (including phenoxy) is 2. The summed E-state index contributed by atoms with van der Waals surface area (Å²) in [6, 6.07) is 4.63. The molecule has 1 aromatic rings. The summed E-state index contributed by atoms with van der Waals surface area (Å²) < 4.78 is 38.3. The Morgan fingerprint density at radius 1 is 1.21 bits per heavy atom. The Kier molecular flexibility index (Phi) is 6.40. The van der Waals surface area contributed by atoms with Crippen LogP contribution in [0.15, 0.2) is 23.1 Å². The lowest BCUT2D eigenvalue weighted by Gasteiger charge is -2.31. The maximum Gasteiger partial charge on any atom is 0.243 e. The first-order chi connectivity index (χ1) is 13.6. The van der Waals surface area contributed by atoms with Crippen LogP contribution in [0.4, 0.5) is 0 Å². The fourth-order valence-electron chi connectivity index (χ4n) is 3.34. The zero-order valence-corrected chi connectivity index (χ0v) is 18.0. The third-order valence-electron chi connectivity index (χ3n) is 5.45. The molecule has 1 amide bonds. The molecule has 1 fully saturated rings.